The molecule has 0 fully saturated rings. The summed E-state index contributed by atoms with van der Waals surface area (Å²) in [6, 6.07) is 13.5. The fourth-order valence-corrected chi connectivity index (χ4v) is 2.86. The van der Waals surface area contributed by atoms with Crippen molar-refractivity contribution in [2.45, 2.75) is 13.5 Å². The van der Waals surface area contributed by atoms with E-state index in [9.17, 15) is 4.79 Å². The summed E-state index contributed by atoms with van der Waals surface area (Å²) in [6.07, 6.45) is 0. The van der Waals surface area contributed by atoms with Crippen molar-refractivity contribution in [1.82, 2.24) is 19.8 Å². The van der Waals surface area contributed by atoms with Gasteiger partial charge in [0.25, 0.3) is 0 Å². The molecular weight excluding hydrogens is 407 g/mol. The molecule has 3 aromatic rings. The number of aryl methyl sites for hydroxylation is 2. The van der Waals surface area contributed by atoms with Crippen LogP contribution >= 0.6 is 22.6 Å². The van der Waals surface area contributed by atoms with E-state index in [-0.39, 0.29) is 5.69 Å². The second-order valence-corrected chi connectivity index (χ2v) is 6.25. The standard InChI is InChI=1S/C16H15IN4O2/c1-11-6-3-4-9-15(11)23-10-12-13(17)7-5-8-14(12)21-16(22)20(2)18-19-21/h3-9H,10H2,1-2H3. The minimum atomic E-state index is -0.288. The number of hydrogen-bond donors (Lipinski definition) is 0. The molecule has 1 heterocycles. The van der Waals surface area contributed by atoms with Gasteiger partial charge < -0.3 is 4.74 Å². The molecule has 0 aliphatic heterocycles. The van der Waals surface area contributed by atoms with Crippen molar-refractivity contribution in [1.29, 1.82) is 0 Å². The molecule has 0 amide bonds. The van der Waals surface area contributed by atoms with Gasteiger partial charge in [-0.2, -0.15) is 9.36 Å². The molecule has 3 rings (SSSR count). The minimum Gasteiger partial charge on any atom is -0.489 e. The van der Waals surface area contributed by atoms with Crippen LogP contribution < -0.4 is 10.4 Å². The number of rotatable bonds is 4. The van der Waals surface area contributed by atoms with Crippen LogP contribution in [-0.4, -0.2) is 19.8 Å². The van der Waals surface area contributed by atoms with Crippen molar-refractivity contribution >= 4 is 22.6 Å². The van der Waals surface area contributed by atoms with E-state index < -0.39 is 0 Å². The second kappa shape index (κ2) is 6.53. The highest BCUT2D eigenvalue weighted by atomic mass is 127. The Morgan fingerprint density at radius 2 is 1.91 bits per heavy atom. The van der Waals surface area contributed by atoms with Gasteiger partial charge in [0, 0.05) is 16.2 Å². The quantitative estimate of drug-likeness (QED) is 0.607. The predicted octanol–water partition coefficient (Wildman–Crippen LogP) is 2.46. The van der Waals surface area contributed by atoms with Crippen LogP contribution in [0.25, 0.3) is 5.69 Å². The van der Waals surface area contributed by atoms with Gasteiger partial charge in [-0.25, -0.2) is 4.79 Å². The average molecular weight is 422 g/mol. The molecule has 118 valence electrons. The SMILES string of the molecule is Cc1ccccc1OCc1c(I)cccc1-n1nnn(C)c1=O. The van der Waals surface area contributed by atoms with Crippen LogP contribution in [0.5, 0.6) is 5.75 Å². The first-order chi connectivity index (χ1) is 11.1. The number of nitrogens with zero attached hydrogens (tertiary/aromatic N) is 4. The van der Waals surface area contributed by atoms with E-state index in [0.29, 0.717) is 12.3 Å². The Kier molecular flexibility index (Phi) is 4.46. The lowest BCUT2D eigenvalue weighted by Gasteiger charge is -2.13. The number of halogens is 1. The third kappa shape index (κ3) is 3.14. The molecule has 0 saturated heterocycles. The third-order valence-corrected chi connectivity index (χ3v) is 4.52. The largest absolute Gasteiger partial charge is 0.489 e. The number of ether oxygens (including phenoxy) is 1. The first kappa shape index (κ1) is 15.7. The molecule has 7 heteroatoms. The second-order valence-electron chi connectivity index (χ2n) is 5.09. The smallest absolute Gasteiger partial charge is 0.368 e. The Morgan fingerprint density at radius 3 is 2.61 bits per heavy atom. The molecule has 1 aromatic heterocycles. The van der Waals surface area contributed by atoms with Crippen LogP contribution in [0, 0.1) is 10.5 Å². The predicted molar refractivity (Wildman–Crippen MR) is 94.8 cm³/mol. The topological polar surface area (TPSA) is 61.9 Å². The summed E-state index contributed by atoms with van der Waals surface area (Å²) in [5, 5.41) is 7.69. The van der Waals surface area contributed by atoms with Crippen LogP contribution in [0.2, 0.25) is 0 Å². The van der Waals surface area contributed by atoms with E-state index in [2.05, 4.69) is 33.0 Å². The van der Waals surface area contributed by atoms with E-state index in [0.717, 1.165) is 20.4 Å². The third-order valence-electron chi connectivity index (χ3n) is 3.51. The van der Waals surface area contributed by atoms with Gasteiger partial charge in [-0.05, 0) is 63.7 Å². The van der Waals surface area contributed by atoms with Crippen LogP contribution in [-0.2, 0) is 13.7 Å². The first-order valence-corrected chi connectivity index (χ1v) is 8.11. The lowest BCUT2D eigenvalue weighted by Crippen LogP contribution is -2.23. The molecule has 0 aliphatic rings. The Labute approximate surface area is 146 Å². The van der Waals surface area contributed by atoms with Gasteiger partial charge >= 0.3 is 5.69 Å². The molecule has 6 nitrogen and oxygen atoms in total. The van der Waals surface area contributed by atoms with E-state index in [1.807, 2.05) is 49.4 Å². The van der Waals surface area contributed by atoms with Gasteiger partial charge in [-0.3, -0.25) is 0 Å². The monoisotopic (exact) mass is 422 g/mol. The van der Waals surface area contributed by atoms with Gasteiger partial charge in [0.1, 0.15) is 12.4 Å². The van der Waals surface area contributed by atoms with Crippen molar-refractivity contribution in [3.63, 3.8) is 0 Å². The number of aromatic nitrogens is 4. The minimum absolute atomic E-state index is 0.288. The number of tetrazole rings is 1. The summed E-state index contributed by atoms with van der Waals surface area (Å²) in [6.45, 7) is 2.35. The van der Waals surface area contributed by atoms with Crippen LogP contribution in [0.15, 0.2) is 47.3 Å². The maximum Gasteiger partial charge on any atom is 0.368 e. The summed E-state index contributed by atoms with van der Waals surface area (Å²) in [5.74, 6) is 0.824. The maximum atomic E-state index is 12.1. The Hall–Kier alpha value is -2.16. The van der Waals surface area contributed by atoms with E-state index in [1.165, 1.54) is 9.36 Å². The lowest BCUT2D eigenvalue weighted by molar-refractivity contribution is 0.302. The Morgan fingerprint density at radius 1 is 1.13 bits per heavy atom. The molecule has 0 N–H and O–H groups in total. The van der Waals surface area contributed by atoms with E-state index in [1.54, 1.807) is 7.05 Å². The first-order valence-electron chi connectivity index (χ1n) is 7.03. The molecule has 0 bridgehead atoms. The van der Waals surface area contributed by atoms with Crippen molar-refractivity contribution in [2.75, 3.05) is 0 Å². The average Bonchev–Trinajstić information content (AvgIpc) is 2.87. The van der Waals surface area contributed by atoms with Gasteiger partial charge in [0.2, 0.25) is 0 Å². The molecule has 23 heavy (non-hydrogen) atoms. The summed E-state index contributed by atoms with van der Waals surface area (Å²) >= 11 is 2.23. The van der Waals surface area contributed by atoms with Gasteiger partial charge in [-0.1, -0.05) is 24.3 Å². The summed E-state index contributed by atoms with van der Waals surface area (Å²) < 4.78 is 9.43. The van der Waals surface area contributed by atoms with Gasteiger partial charge in [0.15, 0.2) is 0 Å². The molecule has 2 aromatic carbocycles. The highest BCUT2D eigenvalue weighted by Gasteiger charge is 2.14. The van der Waals surface area contributed by atoms with E-state index in [4.69, 9.17) is 4.74 Å². The van der Waals surface area contributed by atoms with Crippen LogP contribution in [0.3, 0.4) is 0 Å². The molecular formula is C16H15IN4O2. The normalized spacial score (nSPS) is 10.7. The van der Waals surface area contributed by atoms with Crippen molar-refractivity contribution in [3.8, 4) is 11.4 Å². The number of benzene rings is 2. The molecule has 0 spiro atoms. The fourth-order valence-electron chi connectivity index (χ4n) is 2.22. The molecule has 0 aliphatic carbocycles. The summed E-state index contributed by atoms with van der Waals surface area (Å²) in [5.41, 5.74) is 2.36. The van der Waals surface area contributed by atoms with Crippen LogP contribution in [0.1, 0.15) is 11.1 Å². The zero-order valence-corrected chi connectivity index (χ0v) is 14.9. The molecule has 0 unspecified atom stereocenters. The van der Waals surface area contributed by atoms with Crippen molar-refractivity contribution < 1.29 is 4.74 Å². The van der Waals surface area contributed by atoms with Crippen LogP contribution in [0.4, 0.5) is 0 Å². The molecule has 0 radical (unpaired) electrons. The van der Waals surface area contributed by atoms with Crippen molar-refractivity contribution in [3.05, 3.63) is 67.6 Å². The maximum absolute atomic E-state index is 12.1. The van der Waals surface area contributed by atoms with Gasteiger partial charge in [-0.15, -0.1) is 0 Å². The lowest BCUT2D eigenvalue weighted by atomic mass is 10.2. The summed E-state index contributed by atoms with van der Waals surface area (Å²) in [7, 11) is 1.57. The highest BCUT2D eigenvalue weighted by molar-refractivity contribution is 14.1. The van der Waals surface area contributed by atoms with E-state index >= 15 is 0 Å². The van der Waals surface area contributed by atoms with Crippen molar-refractivity contribution in [2.24, 2.45) is 7.05 Å². The molecule has 0 saturated carbocycles. The fraction of sp³-hybridized carbons (Fsp3) is 0.188. The zero-order chi connectivity index (χ0) is 16.4. The number of para-hydroxylation sites is 1. The number of hydrogen-bond acceptors (Lipinski definition) is 4. The zero-order valence-electron chi connectivity index (χ0n) is 12.7. The summed E-state index contributed by atoms with van der Waals surface area (Å²) in [4.78, 5) is 12.1. The Balaban J connectivity index is 1.98. The van der Waals surface area contributed by atoms with Gasteiger partial charge in [0.05, 0.1) is 5.69 Å². The highest BCUT2D eigenvalue weighted by Crippen LogP contribution is 2.23. The Bertz CT molecular complexity index is 901. The molecule has 0 atom stereocenters.